The number of nitrogens with zero attached hydrogens (tertiary/aromatic N) is 2. The number of aryl methyl sites for hydroxylation is 1. The molecule has 0 spiro atoms. The molecule has 0 unspecified atom stereocenters. The molecule has 48 heavy (non-hydrogen) atoms. The number of amides is 3. The molecule has 0 saturated carbocycles. The van der Waals surface area contributed by atoms with Crippen molar-refractivity contribution in [1.29, 1.82) is 0 Å². The lowest BCUT2D eigenvalue weighted by atomic mass is 10.0. The van der Waals surface area contributed by atoms with Crippen LogP contribution in [0.4, 0.5) is 0 Å². The van der Waals surface area contributed by atoms with Crippen molar-refractivity contribution >= 4 is 17.7 Å². The fourth-order valence-electron chi connectivity index (χ4n) is 5.93. The van der Waals surface area contributed by atoms with Crippen LogP contribution < -0.4 is 19.5 Å². The zero-order valence-corrected chi connectivity index (χ0v) is 27.3. The number of likely N-dealkylation sites (N-methyl/N-ethyl adjacent to an activating group) is 1. The van der Waals surface area contributed by atoms with Crippen LogP contribution >= 0.6 is 0 Å². The van der Waals surface area contributed by atoms with E-state index in [1.165, 1.54) is 4.90 Å². The monoisotopic (exact) mass is 653 g/mol. The molecule has 11 nitrogen and oxygen atoms in total. The van der Waals surface area contributed by atoms with Gasteiger partial charge in [-0.25, -0.2) is 0 Å². The van der Waals surface area contributed by atoms with E-state index in [1.807, 2.05) is 66.7 Å². The summed E-state index contributed by atoms with van der Waals surface area (Å²) in [5, 5.41) is 3.07. The fraction of sp³-hybridized carbons (Fsp3) is 0.324. The molecule has 1 fully saturated rings. The lowest BCUT2D eigenvalue weighted by molar-refractivity contribution is -0.135. The maximum absolute atomic E-state index is 13.6. The van der Waals surface area contributed by atoms with Crippen molar-refractivity contribution in [3.63, 3.8) is 0 Å². The minimum atomic E-state index is -0.525. The van der Waals surface area contributed by atoms with Gasteiger partial charge in [-0.15, -0.1) is 0 Å². The van der Waals surface area contributed by atoms with Crippen molar-refractivity contribution in [2.45, 2.75) is 38.0 Å². The Morgan fingerprint density at radius 3 is 2.54 bits per heavy atom. The number of fused-ring (bicyclic) bond motifs is 9. The Labute approximate surface area is 279 Å². The SMILES string of the molecule is COc1ccc(-c2ccc(C(=O)N3CC[C@@H]4NC(=O)CN(C)C(=O)CCc5ccc(c(OC)c5)Oc5cccc(c5)CO[C@H]4C3)o2)cc1. The van der Waals surface area contributed by atoms with Crippen LogP contribution in [0.3, 0.4) is 0 Å². The average Bonchev–Trinajstić information content (AvgIpc) is 3.60. The van der Waals surface area contributed by atoms with Gasteiger partial charge in [0.15, 0.2) is 17.3 Å². The van der Waals surface area contributed by atoms with Gasteiger partial charge in [0.1, 0.15) is 17.3 Å². The van der Waals surface area contributed by atoms with Crippen molar-refractivity contribution in [1.82, 2.24) is 15.1 Å². The zero-order chi connectivity index (χ0) is 33.6. The molecule has 0 aliphatic carbocycles. The molecular weight excluding hydrogens is 614 g/mol. The van der Waals surface area contributed by atoms with Gasteiger partial charge < -0.3 is 38.5 Å². The number of rotatable bonds is 4. The molecule has 0 radical (unpaired) electrons. The van der Waals surface area contributed by atoms with Crippen LogP contribution in [-0.4, -0.2) is 80.6 Å². The van der Waals surface area contributed by atoms with Crippen LogP contribution in [0.1, 0.15) is 34.5 Å². The number of furan rings is 1. The summed E-state index contributed by atoms with van der Waals surface area (Å²) < 4.78 is 29.4. The van der Waals surface area contributed by atoms with Gasteiger partial charge in [-0.2, -0.15) is 0 Å². The van der Waals surface area contributed by atoms with Crippen molar-refractivity contribution in [2.75, 3.05) is 40.9 Å². The number of ether oxygens (including phenoxy) is 4. The maximum Gasteiger partial charge on any atom is 0.289 e. The van der Waals surface area contributed by atoms with E-state index in [0.717, 1.165) is 22.4 Å². The molecule has 4 heterocycles. The number of piperidine rings is 1. The van der Waals surface area contributed by atoms with Gasteiger partial charge in [0.2, 0.25) is 11.8 Å². The van der Waals surface area contributed by atoms with E-state index in [9.17, 15) is 14.4 Å². The molecule has 4 aromatic rings. The standard InChI is InChI=1S/C37H39N3O8/c1-39-22-35(41)38-29-17-18-40(37(43)32-15-14-30(48-32)26-9-11-27(44-2)12-10-26)21-34(29)46-23-25-5-4-6-28(19-25)47-31-13-7-24(8-16-36(39)42)20-33(31)45-3/h4-7,9-15,19-20,29,34H,8,16-18,21-23H2,1-3H3,(H,38,41)/t29-,34-/m0/s1. The third-order valence-corrected chi connectivity index (χ3v) is 8.64. The first-order chi connectivity index (χ1) is 23.3. The Morgan fingerprint density at radius 2 is 1.75 bits per heavy atom. The summed E-state index contributed by atoms with van der Waals surface area (Å²) in [6.07, 6.45) is 0.649. The number of benzene rings is 3. The van der Waals surface area contributed by atoms with Crippen LogP contribution in [0.15, 0.2) is 83.3 Å². The summed E-state index contributed by atoms with van der Waals surface area (Å²) in [6.45, 7) is 0.743. The van der Waals surface area contributed by atoms with Crippen molar-refractivity contribution in [2.24, 2.45) is 0 Å². The van der Waals surface area contributed by atoms with E-state index in [1.54, 1.807) is 38.3 Å². The zero-order valence-electron chi connectivity index (χ0n) is 27.3. The molecule has 250 valence electrons. The van der Waals surface area contributed by atoms with E-state index in [-0.39, 0.29) is 55.6 Å². The van der Waals surface area contributed by atoms with Crippen molar-refractivity contribution in [3.8, 4) is 34.3 Å². The van der Waals surface area contributed by atoms with E-state index in [0.29, 0.717) is 42.4 Å². The van der Waals surface area contributed by atoms with Gasteiger partial charge in [0.05, 0.1) is 39.5 Å². The third kappa shape index (κ3) is 7.63. The summed E-state index contributed by atoms with van der Waals surface area (Å²) >= 11 is 0. The number of carbonyl (C=O) groups is 3. The van der Waals surface area contributed by atoms with Crippen molar-refractivity contribution < 1.29 is 37.7 Å². The molecule has 7 rings (SSSR count). The van der Waals surface area contributed by atoms with E-state index < -0.39 is 6.10 Å². The highest BCUT2D eigenvalue weighted by atomic mass is 16.5. The number of nitrogens with one attached hydrogen (secondary N) is 1. The largest absolute Gasteiger partial charge is 0.497 e. The number of carbonyl (C=O) groups excluding carboxylic acids is 3. The van der Waals surface area contributed by atoms with Crippen LogP contribution in [0.5, 0.6) is 23.0 Å². The maximum atomic E-state index is 13.6. The first-order valence-corrected chi connectivity index (χ1v) is 15.9. The fourth-order valence-corrected chi connectivity index (χ4v) is 5.93. The molecule has 4 bridgehead atoms. The normalized spacial score (nSPS) is 18.9. The summed E-state index contributed by atoms with van der Waals surface area (Å²) in [6, 6.07) is 23.6. The Hall–Kier alpha value is -5.29. The smallest absolute Gasteiger partial charge is 0.289 e. The number of methoxy groups -OCH3 is 2. The molecule has 1 N–H and O–H groups in total. The Morgan fingerprint density at radius 1 is 0.917 bits per heavy atom. The number of likely N-dealkylation sites (tertiary alicyclic amines) is 1. The van der Waals surface area contributed by atoms with Gasteiger partial charge in [0.25, 0.3) is 5.91 Å². The predicted molar refractivity (Wildman–Crippen MR) is 177 cm³/mol. The van der Waals surface area contributed by atoms with Gasteiger partial charge in [-0.3, -0.25) is 14.4 Å². The van der Waals surface area contributed by atoms with Crippen LogP contribution in [0.2, 0.25) is 0 Å². The van der Waals surface area contributed by atoms with Gasteiger partial charge in [-0.05, 0) is 84.6 Å². The van der Waals surface area contributed by atoms with Crippen LogP contribution in [0.25, 0.3) is 11.3 Å². The van der Waals surface area contributed by atoms with E-state index in [4.69, 9.17) is 23.4 Å². The highest BCUT2D eigenvalue weighted by Gasteiger charge is 2.35. The molecule has 1 saturated heterocycles. The lowest BCUT2D eigenvalue weighted by Gasteiger charge is -2.38. The molecular formula is C37H39N3O8. The highest BCUT2D eigenvalue weighted by molar-refractivity contribution is 5.92. The van der Waals surface area contributed by atoms with Crippen LogP contribution in [0, 0.1) is 0 Å². The van der Waals surface area contributed by atoms with Gasteiger partial charge in [-0.1, -0.05) is 18.2 Å². The minimum Gasteiger partial charge on any atom is -0.497 e. The highest BCUT2D eigenvalue weighted by Crippen LogP contribution is 2.33. The molecule has 1 aromatic heterocycles. The molecule has 3 aromatic carbocycles. The molecule has 2 atom stereocenters. The topological polar surface area (TPSA) is 120 Å². The van der Waals surface area contributed by atoms with Gasteiger partial charge in [0, 0.05) is 32.1 Å². The summed E-state index contributed by atoms with van der Waals surface area (Å²) in [7, 11) is 4.80. The molecule has 3 aliphatic heterocycles. The quantitative estimate of drug-likeness (QED) is 0.324. The van der Waals surface area contributed by atoms with E-state index >= 15 is 0 Å². The molecule has 11 heteroatoms. The lowest BCUT2D eigenvalue weighted by Crippen LogP contribution is -2.57. The van der Waals surface area contributed by atoms with E-state index in [2.05, 4.69) is 5.32 Å². The third-order valence-electron chi connectivity index (χ3n) is 8.64. The van der Waals surface area contributed by atoms with Crippen LogP contribution in [-0.2, 0) is 27.4 Å². The minimum absolute atomic E-state index is 0.0939. The molecule has 3 amide bonds. The second-order valence-electron chi connectivity index (χ2n) is 11.9. The summed E-state index contributed by atoms with van der Waals surface area (Å²) in [4.78, 5) is 42.8. The summed E-state index contributed by atoms with van der Waals surface area (Å²) in [5.41, 5.74) is 2.60. The predicted octanol–water partition coefficient (Wildman–Crippen LogP) is 5.08. The van der Waals surface area contributed by atoms with Gasteiger partial charge >= 0.3 is 0 Å². The summed E-state index contributed by atoms with van der Waals surface area (Å²) in [5.74, 6) is 2.50. The number of hydrogen-bond acceptors (Lipinski definition) is 8. The first kappa shape index (κ1) is 32.6. The second kappa shape index (κ2) is 14.6. The molecule has 3 aliphatic rings. The first-order valence-electron chi connectivity index (χ1n) is 15.9. The Kier molecular flexibility index (Phi) is 9.96. The number of hydrogen-bond donors (Lipinski definition) is 1. The Bertz CT molecular complexity index is 1770. The average molecular weight is 654 g/mol. The Balaban J connectivity index is 1.22. The van der Waals surface area contributed by atoms with Crippen molar-refractivity contribution in [3.05, 3.63) is 95.7 Å². The second-order valence-corrected chi connectivity index (χ2v) is 11.9.